The highest BCUT2D eigenvalue weighted by Crippen LogP contribution is 2.42. The first kappa shape index (κ1) is 26.4. The fraction of sp³-hybridized carbons (Fsp3) is 0.458. The van der Waals surface area contributed by atoms with Crippen molar-refractivity contribution in [2.75, 3.05) is 19.9 Å². The smallest absolute Gasteiger partial charge is 0.405 e. The van der Waals surface area contributed by atoms with Gasteiger partial charge in [0.15, 0.2) is 27.8 Å². The molecule has 38 heavy (non-hydrogen) atoms. The highest BCUT2D eigenvalue weighted by Gasteiger charge is 2.35. The topological polar surface area (TPSA) is 158 Å². The number of aromatic amines is 1. The summed E-state index contributed by atoms with van der Waals surface area (Å²) >= 11 is 5.00. The summed E-state index contributed by atoms with van der Waals surface area (Å²) in [7, 11) is 0. The first-order valence-corrected chi connectivity index (χ1v) is 13.8. The number of fused-ring (bicyclic) bond motifs is 2. The zero-order chi connectivity index (χ0) is 27.0. The molecule has 2 aromatic heterocycles. The van der Waals surface area contributed by atoms with Crippen LogP contribution >= 0.6 is 27.7 Å². The van der Waals surface area contributed by atoms with Gasteiger partial charge in [-0.05, 0) is 67.1 Å². The van der Waals surface area contributed by atoms with Crippen LogP contribution in [0, 0.1) is 11.3 Å². The number of hydrogen-bond donors (Lipinski definition) is 4. The van der Waals surface area contributed by atoms with Gasteiger partial charge in [0, 0.05) is 29.0 Å². The van der Waals surface area contributed by atoms with Gasteiger partial charge in [0.1, 0.15) is 11.1 Å². The molecule has 12 nitrogen and oxygen atoms in total. The Labute approximate surface area is 230 Å². The second-order valence-electron chi connectivity index (χ2n) is 9.84. The third-order valence-electron chi connectivity index (χ3n) is 6.77. The Kier molecular flexibility index (Phi) is 7.27. The SMILES string of the molecule is CC(C)(NC(=O)O)C(=O)N1CCC(CCn2cnc(=N)c3[nH]c(Sc4cc5c(cc4Br)OCO5)nc32)CC1. The molecule has 4 N–H and O–H groups in total. The number of likely N-dealkylation sites (tertiary alicyclic amines) is 1. The van der Waals surface area contributed by atoms with Gasteiger partial charge >= 0.3 is 6.09 Å². The summed E-state index contributed by atoms with van der Waals surface area (Å²) in [6.07, 6.45) is 2.98. The lowest BCUT2D eigenvalue weighted by atomic mass is 9.92. The Morgan fingerprint density at radius 3 is 2.71 bits per heavy atom. The highest BCUT2D eigenvalue weighted by atomic mass is 79.9. The summed E-state index contributed by atoms with van der Waals surface area (Å²) in [5, 5.41) is 20.2. The molecule has 2 aliphatic heterocycles. The third kappa shape index (κ3) is 5.46. The maximum absolute atomic E-state index is 12.8. The quantitative estimate of drug-likeness (QED) is 0.318. The number of nitrogens with zero attached hydrogens (tertiary/aromatic N) is 4. The number of aryl methyl sites for hydroxylation is 1. The lowest BCUT2D eigenvalue weighted by molar-refractivity contribution is -0.138. The summed E-state index contributed by atoms with van der Waals surface area (Å²) in [6, 6.07) is 3.77. The van der Waals surface area contributed by atoms with Crippen molar-refractivity contribution < 1.29 is 24.2 Å². The first-order valence-electron chi connectivity index (χ1n) is 12.2. The molecule has 1 aromatic carbocycles. The van der Waals surface area contributed by atoms with Crippen molar-refractivity contribution >= 4 is 50.9 Å². The van der Waals surface area contributed by atoms with E-state index in [1.54, 1.807) is 25.1 Å². The van der Waals surface area contributed by atoms with E-state index < -0.39 is 11.6 Å². The number of carbonyl (C=O) groups excluding carboxylic acids is 1. The third-order valence-corrected chi connectivity index (χ3v) is 8.63. The average Bonchev–Trinajstić information content (AvgIpc) is 3.50. The molecule has 0 aliphatic carbocycles. The van der Waals surface area contributed by atoms with Gasteiger partial charge in [0.2, 0.25) is 12.7 Å². The predicted molar refractivity (Wildman–Crippen MR) is 141 cm³/mol. The van der Waals surface area contributed by atoms with Gasteiger partial charge < -0.3 is 34.3 Å². The van der Waals surface area contributed by atoms with Crippen LogP contribution < -0.4 is 20.3 Å². The fourth-order valence-corrected chi connectivity index (χ4v) is 6.10. The number of carboxylic acid groups (broad SMARTS) is 1. The van der Waals surface area contributed by atoms with Crippen LogP contribution in [-0.4, -0.2) is 66.9 Å². The lowest BCUT2D eigenvalue weighted by Gasteiger charge is -2.37. The van der Waals surface area contributed by atoms with E-state index in [1.165, 1.54) is 11.8 Å². The number of nitrogens with one attached hydrogen (secondary N) is 3. The Morgan fingerprint density at radius 1 is 1.29 bits per heavy atom. The minimum absolute atomic E-state index is 0.129. The lowest BCUT2D eigenvalue weighted by Crippen LogP contribution is -2.57. The van der Waals surface area contributed by atoms with Crippen molar-refractivity contribution in [1.82, 2.24) is 29.7 Å². The van der Waals surface area contributed by atoms with Gasteiger partial charge in [-0.3, -0.25) is 10.2 Å². The largest absolute Gasteiger partial charge is 0.465 e. The van der Waals surface area contributed by atoms with Crippen LogP contribution in [0.5, 0.6) is 11.5 Å². The maximum Gasteiger partial charge on any atom is 0.405 e. The van der Waals surface area contributed by atoms with Crippen LogP contribution in [0.2, 0.25) is 0 Å². The van der Waals surface area contributed by atoms with Crippen molar-refractivity contribution in [3.05, 3.63) is 28.4 Å². The zero-order valence-corrected chi connectivity index (χ0v) is 23.3. The Morgan fingerprint density at radius 2 is 2.00 bits per heavy atom. The number of amides is 2. The normalized spacial score (nSPS) is 15.7. The van der Waals surface area contributed by atoms with E-state index in [0.717, 1.165) is 28.6 Å². The molecule has 3 aromatic rings. The van der Waals surface area contributed by atoms with Gasteiger partial charge in [-0.2, -0.15) is 0 Å². The molecule has 0 radical (unpaired) electrons. The zero-order valence-electron chi connectivity index (χ0n) is 20.9. The second kappa shape index (κ2) is 10.5. The molecule has 0 spiro atoms. The van der Waals surface area contributed by atoms with E-state index in [9.17, 15) is 9.59 Å². The number of ether oxygens (including phenoxy) is 2. The summed E-state index contributed by atoms with van der Waals surface area (Å²) in [6.45, 7) is 5.22. The number of rotatable bonds is 7. The molecule has 0 bridgehead atoms. The van der Waals surface area contributed by atoms with Gasteiger partial charge in [-0.15, -0.1) is 0 Å². The summed E-state index contributed by atoms with van der Waals surface area (Å²) in [4.78, 5) is 38.7. The molecule has 0 saturated carbocycles. The highest BCUT2D eigenvalue weighted by molar-refractivity contribution is 9.10. The number of piperidine rings is 1. The van der Waals surface area contributed by atoms with Gasteiger partial charge in [0.25, 0.3) is 0 Å². The molecular weight excluding hydrogens is 578 g/mol. The molecule has 1 fully saturated rings. The van der Waals surface area contributed by atoms with Crippen molar-refractivity contribution in [3.63, 3.8) is 0 Å². The number of benzene rings is 1. The summed E-state index contributed by atoms with van der Waals surface area (Å²) in [5.41, 5.74) is 0.207. The standard InChI is InChI=1S/C24H28BrN7O5S/c1-24(2,30-23(34)35)21(33)31-6-3-13(4-7-31)5-8-32-11-27-19(26)18-20(32)29-22(28-18)38-17-10-16-15(9-14(17)25)36-12-37-16/h9-11,13,26,30H,3-8,12H2,1-2H3,(H,28,29)(H,34,35). The molecule has 2 amide bonds. The van der Waals surface area contributed by atoms with Crippen molar-refractivity contribution in [2.24, 2.45) is 5.92 Å². The van der Waals surface area contributed by atoms with Gasteiger partial charge in [-0.1, -0.05) is 11.8 Å². The van der Waals surface area contributed by atoms with Gasteiger partial charge in [0.05, 0.1) is 6.33 Å². The summed E-state index contributed by atoms with van der Waals surface area (Å²) < 4.78 is 13.7. The molecule has 2 aliphatic rings. The Hall–Kier alpha value is -3.26. The van der Waals surface area contributed by atoms with Crippen LogP contribution in [-0.2, 0) is 11.3 Å². The van der Waals surface area contributed by atoms with Crippen LogP contribution in [0.3, 0.4) is 0 Å². The second-order valence-corrected chi connectivity index (χ2v) is 11.7. The Bertz CT molecular complexity index is 1450. The van der Waals surface area contributed by atoms with Crippen LogP contribution in [0.4, 0.5) is 4.79 Å². The molecular formula is C24H28BrN7O5S. The number of H-pyrrole nitrogens is 1. The molecule has 0 unspecified atom stereocenters. The van der Waals surface area contributed by atoms with E-state index in [2.05, 4.69) is 31.2 Å². The first-order chi connectivity index (χ1) is 18.1. The molecule has 1 saturated heterocycles. The van der Waals surface area contributed by atoms with Gasteiger partial charge in [-0.25, -0.2) is 14.8 Å². The minimum atomic E-state index is -1.21. The average molecular weight is 607 g/mol. The maximum atomic E-state index is 12.8. The summed E-state index contributed by atoms with van der Waals surface area (Å²) in [5.74, 6) is 1.57. The molecule has 14 heteroatoms. The van der Waals surface area contributed by atoms with E-state index in [0.29, 0.717) is 53.4 Å². The number of carbonyl (C=O) groups is 2. The minimum Gasteiger partial charge on any atom is -0.465 e. The van der Waals surface area contributed by atoms with E-state index in [-0.39, 0.29) is 18.2 Å². The van der Waals surface area contributed by atoms with Crippen molar-refractivity contribution in [3.8, 4) is 11.5 Å². The number of hydrogen-bond acceptors (Lipinski definition) is 8. The monoisotopic (exact) mass is 605 g/mol. The van der Waals surface area contributed by atoms with Crippen LogP contribution in [0.1, 0.15) is 33.1 Å². The van der Waals surface area contributed by atoms with E-state index >= 15 is 0 Å². The molecule has 5 rings (SSSR count). The number of imidazole rings is 1. The van der Waals surface area contributed by atoms with E-state index in [1.807, 2.05) is 16.7 Å². The van der Waals surface area contributed by atoms with Crippen molar-refractivity contribution in [2.45, 2.75) is 55.2 Å². The molecule has 0 atom stereocenters. The molecule has 202 valence electrons. The predicted octanol–water partition coefficient (Wildman–Crippen LogP) is 3.56. The Balaban J connectivity index is 1.24. The van der Waals surface area contributed by atoms with Crippen LogP contribution in [0.25, 0.3) is 11.2 Å². The van der Waals surface area contributed by atoms with Crippen LogP contribution in [0.15, 0.2) is 33.0 Å². The molecule has 4 heterocycles. The number of aromatic nitrogens is 4. The van der Waals surface area contributed by atoms with Crippen molar-refractivity contribution in [1.29, 1.82) is 5.41 Å². The fourth-order valence-electron chi connectivity index (χ4n) is 4.72. The number of halogens is 1. The van der Waals surface area contributed by atoms with E-state index in [4.69, 9.17) is 25.0 Å².